The number of amides is 1. The van der Waals surface area contributed by atoms with Crippen molar-refractivity contribution in [2.24, 2.45) is 0 Å². The molecule has 4 rings (SSSR count). The summed E-state index contributed by atoms with van der Waals surface area (Å²) in [7, 11) is 0. The van der Waals surface area contributed by atoms with Gasteiger partial charge in [0.2, 0.25) is 0 Å². The summed E-state index contributed by atoms with van der Waals surface area (Å²) < 4.78 is 5.35. The zero-order valence-electron chi connectivity index (χ0n) is 18.0. The van der Waals surface area contributed by atoms with E-state index >= 15 is 0 Å². The minimum absolute atomic E-state index is 0.342. The molecule has 4 aromatic rings. The summed E-state index contributed by atoms with van der Waals surface area (Å²) >= 11 is 0. The quantitative estimate of drug-likeness (QED) is 0.358. The molecule has 0 spiro atoms. The third-order valence-corrected chi connectivity index (χ3v) is 5.11. The monoisotopic (exact) mass is 436 g/mol. The normalized spacial score (nSPS) is 10.5. The fourth-order valence-electron chi connectivity index (χ4n) is 3.51. The van der Waals surface area contributed by atoms with Crippen LogP contribution in [0.1, 0.15) is 27.5 Å². The third kappa shape index (κ3) is 5.86. The van der Waals surface area contributed by atoms with Crippen molar-refractivity contribution in [2.75, 3.05) is 11.9 Å². The average Bonchev–Trinajstić information content (AvgIpc) is 2.88. The molecule has 33 heavy (non-hydrogen) atoms. The van der Waals surface area contributed by atoms with Crippen molar-refractivity contribution >= 4 is 23.3 Å². The number of hydrogen-bond acceptors (Lipinski definition) is 4. The van der Waals surface area contributed by atoms with E-state index in [4.69, 9.17) is 4.74 Å². The van der Waals surface area contributed by atoms with Crippen molar-refractivity contribution in [2.45, 2.75) is 6.04 Å². The molecule has 0 aromatic heterocycles. The van der Waals surface area contributed by atoms with Crippen LogP contribution in [0.5, 0.6) is 0 Å². The third-order valence-electron chi connectivity index (χ3n) is 5.11. The van der Waals surface area contributed by atoms with Crippen LogP contribution in [0.15, 0.2) is 115 Å². The minimum atomic E-state index is -0.569. The maximum atomic E-state index is 12.7. The molecule has 0 heterocycles. The van der Waals surface area contributed by atoms with E-state index in [1.165, 1.54) is 0 Å². The lowest BCUT2D eigenvalue weighted by molar-refractivity contribution is -0.124. The van der Waals surface area contributed by atoms with E-state index in [0.717, 1.165) is 16.8 Å². The van der Waals surface area contributed by atoms with Crippen molar-refractivity contribution in [3.05, 3.63) is 132 Å². The van der Waals surface area contributed by atoms with Crippen molar-refractivity contribution in [3.63, 3.8) is 0 Å². The Morgan fingerprint density at radius 2 is 1.18 bits per heavy atom. The number of hydrogen-bond donors (Lipinski definition) is 2. The van der Waals surface area contributed by atoms with Gasteiger partial charge in [0.25, 0.3) is 5.91 Å². The van der Waals surface area contributed by atoms with Gasteiger partial charge in [0.15, 0.2) is 6.61 Å². The molecule has 0 saturated heterocycles. The van der Waals surface area contributed by atoms with Gasteiger partial charge in [-0.2, -0.15) is 0 Å². The second-order valence-electron chi connectivity index (χ2n) is 7.43. The van der Waals surface area contributed by atoms with Gasteiger partial charge in [0, 0.05) is 5.69 Å². The lowest BCUT2D eigenvalue weighted by Gasteiger charge is -2.20. The number of para-hydroxylation sites is 2. The molecular formula is C28H24N2O3. The first-order valence-electron chi connectivity index (χ1n) is 10.7. The predicted molar refractivity (Wildman–Crippen MR) is 129 cm³/mol. The minimum Gasteiger partial charge on any atom is -0.452 e. The van der Waals surface area contributed by atoms with Crippen LogP contribution in [0.2, 0.25) is 0 Å². The van der Waals surface area contributed by atoms with Gasteiger partial charge in [0.1, 0.15) is 0 Å². The van der Waals surface area contributed by atoms with Crippen LogP contribution in [0, 0.1) is 0 Å². The lowest BCUT2D eigenvalue weighted by atomic mass is 9.99. The number of ether oxygens (including phenoxy) is 1. The van der Waals surface area contributed by atoms with Gasteiger partial charge >= 0.3 is 5.97 Å². The maximum absolute atomic E-state index is 12.7. The SMILES string of the molecule is O=C(COC(=O)c1ccccc1Nc1ccccc1)NC(c1ccccc1)c1ccccc1. The second kappa shape index (κ2) is 10.8. The molecule has 5 nitrogen and oxygen atoms in total. The molecule has 1 amide bonds. The largest absolute Gasteiger partial charge is 0.452 e. The highest BCUT2D eigenvalue weighted by Gasteiger charge is 2.19. The van der Waals surface area contributed by atoms with Gasteiger partial charge in [-0.05, 0) is 35.4 Å². The van der Waals surface area contributed by atoms with Gasteiger partial charge in [0.05, 0.1) is 17.3 Å². The van der Waals surface area contributed by atoms with Gasteiger partial charge in [-0.25, -0.2) is 4.79 Å². The van der Waals surface area contributed by atoms with Crippen LogP contribution in [0.4, 0.5) is 11.4 Å². The molecule has 0 atom stereocenters. The Hall–Kier alpha value is -4.38. The number of anilines is 2. The van der Waals surface area contributed by atoms with E-state index in [1.807, 2.05) is 97.1 Å². The molecule has 5 heteroatoms. The molecule has 0 bridgehead atoms. The molecule has 0 unspecified atom stereocenters. The molecule has 0 aliphatic carbocycles. The molecule has 0 aliphatic rings. The maximum Gasteiger partial charge on any atom is 0.340 e. The Kier molecular flexibility index (Phi) is 7.13. The van der Waals surface area contributed by atoms with Gasteiger partial charge in [-0.1, -0.05) is 91.0 Å². The van der Waals surface area contributed by atoms with Crippen LogP contribution < -0.4 is 10.6 Å². The molecular weight excluding hydrogens is 412 g/mol. The topological polar surface area (TPSA) is 67.4 Å². The standard InChI is InChI=1S/C28H24N2O3/c31-26(30-27(21-12-4-1-5-13-21)22-14-6-2-7-15-22)20-33-28(32)24-18-10-11-19-25(24)29-23-16-8-3-9-17-23/h1-19,27,29H,20H2,(H,30,31). The summed E-state index contributed by atoms with van der Waals surface area (Å²) in [6.45, 7) is -0.380. The molecule has 164 valence electrons. The van der Waals surface area contributed by atoms with Crippen LogP contribution in [0.3, 0.4) is 0 Å². The number of esters is 1. The lowest BCUT2D eigenvalue weighted by Crippen LogP contribution is -2.33. The van der Waals surface area contributed by atoms with Gasteiger partial charge in [-0.3, -0.25) is 4.79 Å². The van der Waals surface area contributed by atoms with Crippen molar-refractivity contribution in [1.82, 2.24) is 5.32 Å². The smallest absolute Gasteiger partial charge is 0.340 e. The van der Waals surface area contributed by atoms with E-state index < -0.39 is 5.97 Å². The number of rotatable bonds is 8. The van der Waals surface area contributed by atoms with Gasteiger partial charge in [-0.15, -0.1) is 0 Å². The molecule has 2 N–H and O–H groups in total. The second-order valence-corrected chi connectivity index (χ2v) is 7.43. The highest BCUT2D eigenvalue weighted by atomic mass is 16.5. The first-order valence-corrected chi connectivity index (χ1v) is 10.7. The Morgan fingerprint density at radius 1 is 0.667 bits per heavy atom. The summed E-state index contributed by atoms with van der Waals surface area (Å²) in [5.74, 6) is -0.949. The fourth-order valence-corrected chi connectivity index (χ4v) is 3.51. The molecule has 0 fully saturated rings. The van der Waals surface area contributed by atoms with Crippen LogP contribution in [-0.2, 0) is 9.53 Å². The van der Waals surface area contributed by atoms with Crippen LogP contribution >= 0.6 is 0 Å². The summed E-state index contributed by atoms with van der Waals surface area (Å²) in [5, 5.41) is 6.19. The summed E-state index contributed by atoms with van der Waals surface area (Å²) in [4.78, 5) is 25.5. The summed E-state index contributed by atoms with van der Waals surface area (Å²) in [6.07, 6.45) is 0. The number of carbonyl (C=O) groups is 2. The van der Waals surface area contributed by atoms with Crippen LogP contribution in [0.25, 0.3) is 0 Å². The van der Waals surface area contributed by atoms with Crippen LogP contribution in [-0.4, -0.2) is 18.5 Å². The predicted octanol–water partition coefficient (Wildman–Crippen LogP) is 5.49. The van der Waals surface area contributed by atoms with Crippen molar-refractivity contribution in [3.8, 4) is 0 Å². The number of nitrogens with one attached hydrogen (secondary N) is 2. The Labute approximate surface area is 193 Å². The molecule has 4 aromatic carbocycles. The zero-order chi connectivity index (χ0) is 22.9. The van der Waals surface area contributed by atoms with E-state index in [1.54, 1.807) is 18.2 Å². The van der Waals surface area contributed by atoms with E-state index in [2.05, 4.69) is 10.6 Å². The zero-order valence-corrected chi connectivity index (χ0v) is 18.0. The molecule has 0 radical (unpaired) electrons. The number of benzene rings is 4. The van der Waals surface area contributed by atoms with Crippen molar-refractivity contribution in [1.29, 1.82) is 0 Å². The average molecular weight is 437 g/mol. The van der Waals surface area contributed by atoms with Gasteiger partial charge < -0.3 is 15.4 Å². The first-order chi connectivity index (χ1) is 16.2. The fraction of sp³-hybridized carbons (Fsp3) is 0.0714. The van der Waals surface area contributed by atoms with E-state index in [-0.39, 0.29) is 18.6 Å². The Morgan fingerprint density at radius 3 is 1.79 bits per heavy atom. The molecule has 0 aliphatic heterocycles. The van der Waals surface area contributed by atoms with E-state index in [9.17, 15) is 9.59 Å². The van der Waals surface area contributed by atoms with E-state index in [0.29, 0.717) is 11.3 Å². The van der Waals surface area contributed by atoms with Crippen molar-refractivity contribution < 1.29 is 14.3 Å². The Balaban J connectivity index is 1.43. The summed E-state index contributed by atoms with van der Waals surface area (Å²) in [5.41, 5.74) is 3.71. The first kappa shape index (κ1) is 21.8. The highest BCUT2D eigenvalue weighted by Crippen LogP contribution is 2.23. The summed E-state index contributed by atoms with van der Waals surface area (Å²) in [6, 6.07) is 35.6. The Bertz CT molecular complexity index is 1160. The number of carbonyl (C=O) groups excluding carboxylic acids is 2. The highest BCUT2D eigenvalue weighted by molar-refractivity contribution is 5.97. The molecule has 0 saturated carbocycles.